The Morgan fingerprint density at radius 2 is 1.82 bits per heavy atom. The van der Waals surface area contributed by atoms with E-state index in [2.05, 4.69) is 13.8 Å². The van der Waals surface area contributed by atoms with E-state index in [1.54, 1.807) is 0 Å². The van der Waals surface area contributed by atoms with Crippen molar-refractivity contribution >= 4 is 5.97 Å². The van der Waals surface area contributed by atoms with Crippen LogP contribution in [0.1, 0.15) is 73.1 Å². The van der Waals surface area contributed by atoms with Gasteiger partial charge in [-0.15, -0.1) is 0 Å². The normalized spacial score (nSPS) is 11.9. The summed E-state index contributed by atoms with van der Waals surface area (Å²) in [5.41, 5.74) is -0.382. The van der Waals surface area contributed by atoms with E-state index < -0.39 is 0 Å². The van der Waals surface area contributed by atoms with Gasteiger partial charge in [-0.1, -0.05) is 40.0 Å². The van der Waals surface area contributed by atoms with Crippen molar-refractivity contribution in [2.75, 3.05) is 0 Å². The smallest absolute Gasteiger partial charge is 0.298 e. The van der Waals surface area contributed by atoms with Crippen LogP contribution in [0.4, 0.5) is 0 Å². The van der Waals surface area contributed by atoms with E-state index in [9.17, 15) is 4.79 Å². The maximum absolute atomic E-state index is 11.4. The number of carbonyl (C=O) groups excluding carboxylic acids is 1. The van der Waals surface area contributed by atoms with Crippen molar-refractivity contribution in [2.24, 2.45) is 5.92 Å². The van der Waals surface area contributed by atoms with Crippen molar-refractivity contribution in [3.05, 3.63) is 0 Å². The Morgan fingerprint density at radius 3 is 2.35 bits per heavy atom. The van der Waals surface area contributed by atoms with Gasteiger partial charge in [-0.3, -0.25) is 4.89 Å². The molecule has 0 radical (unpaired) electrons. The van der Waals surface area contributed by atoms with E-state index in [4.69, 9.17) is 9.78 Å². The van der Waals surface area contributed by atoms with Gasteiger partial charge in [-0.25, -0.2) is 4.79 Å². The van der Waals surface area contributed by atoms with Crippen molar-refractivity contribution in [1.29, 1.82) is 0 Å². The molecule has 0 heterocycles. The van der Waals surface area contributed by atoms with Crippen LogP contribution in [-0.2, 0) is 14.6 Å². The first-order valence-corrected chi connectivity index (χ1v) is 6.76. The number of unbranched alkanes of at least 4 members (excludes halogenated alkanes) is 2. The summed E-state index contributed by atoms with van der Waals surface area (Å²) in [5, 5.41) is 0. The average Bonchev–Trinajstić information content (AvgIpc) is 2.26. The third kappa shape index (κ3) is 10.3. The maximum atomic E-state index is 11.4. The molecule has 0 aromatic heterocycles. The van der Waals surface area contributed by atoms with Crippen LogP contribution in [-0.4, -0.2) is 11.6 Å². The Balaban J connectivity index is 3.47. The summed E-state index contributed by atoms with van der Waals surface area (Å²) in [6, 6.07) is 0. The summed E-state index contributed by atoms with van der Waals surface area (Å²) in [6.07, 6.45) is 5.67. The van der Waals surface area contributed by atoms with Crippen LogP contribution in [0.2, 0.25) is 0 Å². The monoisotopic (exact) mass is 244 g/mol. The zero-order valence-corrected chi connectivity index (χ0v) is 12.0. The van der Waals surface area contributed by atoms with Gasteiger partial charge in [0.25, 0.3) is 0 Å². The molecule has 0 aromatic rings. The van der Waals surface area contributed by atoms with Crippen molar-refractivity contribution < 1.29 is 14.6 Å². The Kier molecular flexibility index (Phi) is 8.23. The molecule has 0 rings (SSSR count). The van der Waals surface area contributed by atoms with Crippen LogP contribution in [0.25, 0.3) is 0 Å². The fraction of sp³-hybridized carbons (Fsp3) is 0.929. The quantitative estimate of drug-likeness (QED) is 0.345. The summed E-state index contributed by atoms with van der Waals surface area (Å²) < 4.78 is 0. The van der Waals surface area contributed by atoms with E-state index >= 15 is 0 Å². The maximum Gasteiger partial charge on any atom is 0.342 e. The SMILES string of the molecule is CCC(C)(C)OOC(=O)CCCCCC(C)C. The van der Waals surface area contributed by atoms with Crippen molar-refractivity contribution in [3.63, 3.8) is 0 Å². The lowest BCUT2D eigenvalue weighted by atomic mass is 10.0. The van der Waals surface area contributed by atoms with Crippen LogP contribution in [0.15, 0.2) is 0 Å². The molecular weight excluding hydrogens is 216 g/mol. The molecule has 0 amide bonds. The molecule has 3 heteroatoms. The van der Waals surface area contributed by atoms with Gasteiger partial charge in [0.15, 0.2) is 0 Å². The largest absolute Gasteiger partial charge is 0.342 e. The van der Waals surface area contributed by atoms with Crippen LogP contribution in [0, 0.1) is 5.92 Å². The van der Waals surface area contributed by atoms with Crippen LogP contribution >= 0.6 is 0 Å². The molecule has 0 aliphatic rings. The highest BCUT2D eigenvalue weighted by atomic mass is 17.2. The van der Waals surface area contributed by atoms with Crippen molar-refractivity contribution in [2.45, 2.75) is 78.7 Å². The van der Waals surface area contributed by atoms with E-state index in [1.165, 1.54) is 12.8 Å². The second kappa shape index (κ2) is 8.51. The van der Waals surface area contributed by atoms with Crippen molar-refractivity contribution in [1.82, 2.24) is 0 Å². The van der Waals surface area contributed by atoms with Gasteiger partial charge in [-0.2, -0.15) is 4.89 Å². The molecule has 0 fully saturated rings. The highest BCUT2D eigenvalue weighted by Crippen LogP contribution is 2.15. The first kappa shape index (κ1) is 16.4. The van der Waals surface area contributed by atoms with Gasteiger partial charge >= 0.3 is 5.97 Å². The summed E-state index contributed by atoms with van der Waals surface area (Å²) >= 11 is 0. The topological polar surface area (TPSA) is 35.5 Å². The fourth-order valence-corrected chi connectivity index (χ4v) is 1.26. The number of hydrogen-bond acceptors (Lipinski definition) is 3. The van der Waals surface area contributed by atoms with Crippen LogP contribution in [0.3, 0.4) is 0 Å². The molecule has 0 saturated carbocycles. The first-order valence-electron chi connectivity index (χ1n) is 6.76. The second-order valence-corrected chi connectivity index (χ2v) is 5.65. The number of carbonyl (C=O) groups is 1. The van der Waals surface area contributed by atoms with Crippen molar-refractivity contribution in [3.8, 4) is 0 Å². The minimum absolute atomic E-state index is 0.254. The predicted molar refractivity (Wildman–Crippen MR) is 69.5 cm³/mol. The number of hydrogen-bond donors (Lipinski definition) is 0. The zero-order chi connectivity index (χ0) is 13.3. The summed E-state index contributed by atoms with van der Waals surface area (Å²) in [7, 11) is 0. The van der Waals surface area contributed by atoms with Gasteiger partial charge in [0.1, 0.15) is 5.60 Å². The molecule has 0 atom stereocenters. The molecule has 0 aromatic carbocycles. The van der Waals surface area contributed by atoms with Crippen LogP contribution < -0.4 is 0 Å². The zero-order valence-electron chi connectivity index (χ0n) is 12.0. The molecule has 0 N–H and O–H groups in total. The average molecular weight is 244 g/mol. The third-order valence-corrected chi connectivity index (χ3v) is 2.87. The third-order valence-electron chi connectivity index (χ3n) is 2.87. The van der Waals surface area contributed by atoms with Gasteiger partial charge in [-0.05, 0) is 32.6 Å². The van der Waals surface area contributed by atoms with E-state index in [0.717, 1.165) is 25.2 Å². The lowest BCUT2D eigenvalue weighted by Crippen LogP contribution is -2.25. The number of rotatable bonds is 9. The van der Waals surface area contributed by atoms with Gasteiger partial charge in [0.05, 0.1) is 0 Å². The molecule has 0 aliphatic carbocycles. The molecule has 0 saturated heterocycles. The lowest BCUT2D eigenvalue weighted by molar-refractivity contribution is -0.325. The highest BCUT2D eigenvalue weighted by molar-refractivity contribution is 5.68. The Hall–Kier alpha value is -0.570. The second-order valence-electron chi connectivity index (χ2n) is 5.65. The molecule has 102 valence electrons. The first-order chi connectivity index (χ1) is 7.87. The highest BCUT2D eigenvalue weighted by Gasteiger charge is 2.19. The molecule has 3 nitrogen and oxygen atoms in total. The Labute approximate surface area is 106 Å². The summed E-state index contributed by atoms with van der Waals surface area (Å²) in [4.78, 5) is 21.2. The lowest BCUT2D eigenvalue weighted by Gasteiger charge is -2.20. The van der Waals surface area contributed by atoms with E-state index in [-0.39, 0.29) is 11.6 Å². The Morgan fingerprint density at radius 1 is 1.18 bits per heavy atom. The van der Waals surface area contributed by atoms with Gasteiger partial charge in [0, 0.05) is 6.42 Å². The fourth-order valence-electron chi connectivity index (χ4n) is 1.26. The molecule has 0 unspecified atom stereocenters. The molecular formula is C14H28O3. The van der Waals surface area contributed by atoms with Crippen LogP contribution in [0.5, 0.6) is 0 Å². The molecule has 0 bridgehead atoms. The van der Waals surface area contributed by atoms with E-state index in [0.29, 0.717) is 6.42 Å². The molecule has 0 aliphatic heterocycles. The minimum Gasteiger partial charge on any atom is -0.298 e. The molecule has 17 heavy (non-hydrogen) atoms. The summed E-state index contributed by atoms with van der Waals surface area (Å²) in [6.45, 7) is 10.2. The summed E-state index contributed by atoms with van der Waals surface area (Å²) in [5.74, 6) is 0.492. The standard InChI is InChI=1S/C14H28O3/c1-6-14(4,5)17-16-13(15)11-9-7-8-10-12(2)3/h12H,6-11H2,1-5H3. The predicted octanol–water partition coefficient (Wildman–Crippen LogP) is 4.26. The van der Waals surface area contributed by atoms with E-state index in [1.807, 2.05) is 20.8 Å². The minimum atomic E-state index is -0.382. The van der Waals surface area contributed by atoms with Gasteiger partial charge < -0.3 is 0 Å². The molecule has 0 spiro atoms. The Bertz CT molecular complexity index is 210. The van der Waals surface area contributed by atoms with Gasteiger partial charge in [0.2, 0.25) is 0 Å².